The number of pyridine rings is 1. The van der Waals surface area contributed by atoms with Crippen molar-refractivity contribution in [2.24, 2.45) is 0 Å². The van der Waals surface area contributed by atoms with Crippen LogP contribution in [0.2, 0.25) is 0 Å². The summed E-state index contributed by atoms with van der Waals surface area (Å²) in [6, 6.07) is 10.0. The predicted octanol–water partition coefficient (Wildman–Crippen LogP) is 3.39. The van der Waals surface area contributed by atoms with Gasteiger partial charge in [-0.3, -0.25) is 4.90 Å². The van der Waals surface area contributed by atoms with Crippen LogP contribution in [-0.2, 0) is 17.5 Å². The zero-order valence-corrected chi connectivity index (χ0v) is 14.9. The largest absolute Gasteiger partial charge is 0.497 e. The number of hydrogen-bond acceptors (Lipinski definition) is 5. The maximum absolute atomic E-state index is 12.6. The molecule has 1 fully saturated rings. The smallest absolute Gasteiger partial charge is 0.417 e. The van der Waals surface area contributed by atoms with Crippen LogP contribution in [-0.4, -0.2) is 49.4 Å². The summed E-state index contributed by atoms with van der Waals surface area (Å²) in [6.45, 7) is 2.98. The van der Waals surface area contributed by atoms with Crippen LogP contribution in [0.3, 0.4) is 0 Å². The summed E-state index contributed by atoms with van der Waals surface area (Å²) < 4.78 is 54.3. The van der Waals surface area contributed by atoms with E-state index in [2.05, 4.69) is 9.88 Å². The molecule has 2 heterocycles. The molecule has 0 bridgehead atoms. The third-order valence-corrected chi connectivity index (χ3v) is 4.23. The molecule has 0 N–H and O–H groups in total. The van der Waals surface area contributed by atoms with E-state index >= 15 is 0 Å². The van der Waals surface area contributed by atoms with E-state index in [4.69, 9.17) is 14.2 Å². The van der Waals surface area contributed by atoms with Crippen molar-refractivity contribution in [2.45, 2.75) is 18.8 Å². The molecule has 1 aliphatic rings. The number of rotatable bonds is 5. The van der Waals surface area contributed by atoms with Crippen molar-refractivity contribution in [1.29, 1.82) is 0 Å². The number of benzene rings is 1. The first-order valence-corrected chi connectivity index (χ1v) is 8.57. The minimum atomic E-state index is -4.41. The Morgan fingerprint density at radius 1 is 1.19 bits per heavy atom. The van der Waals surface area contributed by atoms with E-state index in [9.17, 15) is 13.2 Å². The zero-order chi connectivity index (χ0) is 19.3. The minimum absolute atomic E-state index is 0.155. The Morgan fingerprint density at radius 3 is 2.59 bits per heavy atom. The summed E-state index contributed by atoms with van der Waals surface area (Å²) in [5, 5.41) is 0. The lowest BCUT2D eigenvalue weighted by Crippen LogP contribution is -2.35. The molecule has 3 rings (SSSR count). The average Bonchev–Trinajstić information content (AvgIpc) is 2.87. The van der Waals surface area contributed by atoms with E-state index in [-0.39, 0.29) is 12.0 Å². The van der Waals surface area contributed by atoms with Crippen molar-refractivity contribution in [3.63, 3.8) is 0 Å². The van der Waals surface area contributed by atoms with Gasteiger partial charge in [-0.2, -0.15) is 13.2 Å². The molecular weight excluding hydrogens is 361 g/mol. The molecule has 0 saturated carbocycles. The molecule has 1 aromatic heterocycles. The molecule has 5 nitrogen and oxygen atoms in total. The van der Waals surface area contributed by atoms with Crippen molar-refractivity contribution >= 4 is 0 Å². The molecule has 1 aromatic carbocycles. The van der Waals surface area contributed by atoms with Crippen LogP contribution in [0.15, 0.2) is 42.6 Å². The Kier molecular flexibility index (Phi) is 6.18. The number of aromatic nitrogens is 1. The van der Waals surface area contributed by atoms with Crippen LogP contribution in [0, 0.1) is 0 Å². The Labute approximate surface area is 155 Å². The highest BCUT2D eigenvalue weighted by molar-refractivity contribution is 5.27. The van der Waals surface area contributed by atoms with Gasteiger partial charge in [-0.15, -0.1) is 0 Å². The summed E-state index contributed by atoms with van der Waals surface area (Å²) >= 11 is 0. The summed E-state index contributed by atoms with van der Waals surface area (Å²) in [5.74, 6) is 0.954. The SMILES string of the molecule is COc1ccc(CN2CCOCC(Oc3ccc(C(F)(F)F)cn3)C2)cc1. The van der Waals surface area contributed by atoms with Gasteiger partial charge in [0.15, 0.2) is 0 Å². The van der Waals surface area contributed by atoms with E-state index in [1.54, 1.807) is 7.11 Å². The molecule has 1 unspecified atom stereocenters. The number of halogens is 3. The number of nitrogens with zero attached hydrogens (tertiary/aromatic N) is 2. The molecular formula is C19H21F3N2O3. The second-order valence-corrected chi connectivity index (χ2v) is 6.28. The minimum Gasteiger partial charge on any atom is -0.497 e. The van der Waals surface area contributed by atoms with Crippen LogP contribution in [0.4, 0.5) is 13.2 Å². The standard InChI is InChI=1S/C19H21F3N2O3/c1-25-16-5-2-14(3-6-16)11-24-8-9-26-13-17(12-24)27-18-7-4-15(10-23-18)19(20,21)22/h2-7,10,17H,8-9,11-13H2,1H3. The molecule has 0 radical (unpaired) electrons. The highest BCUT2D eigenvalue weighted by Crippen LogP contribution is 2.29. The quantitative estimate of drug-likeness (QED) is 0.793. The maximum atomic E-state index is 12.6. The first-order chi connectivity index (χ1) is 12.9. The number of methoxy groups -OCH3 is 1. The summed E-state index contributed by atoms with van der Waals surface area (Å²) in [5.41, 5.74) is 0.331. The van der Waals surface area contributed by atoms with Gasteiger partial charge in [0.05, 0.1) is 25.9 Å². The van der Waals surface area contributed by atoms with Gasteiger partial charge in [-0.25, -0.2) is 4.98 Å². The first-order valence-electron chi connectivity index (χ1n) is 8.57. The van der Waals surface area contributed by atoms with E-state index in [0.717, 1.165) is 30.1 Å². The van der Waals surface area contributed by atoms with Gasteiger partial charge in [0, 0.05) is 31.9 Å². The molecule has 1 aliphatic heterocycles. The fourth-order valence-corrected chi connectivity index (χ4v) is 2.83. The lowest BCUT2D eigenvalue weighted by atomic mass is 10.2. The van der Waals surface area contributed by atoms with E-state index < -0.39 is 11.7 Å². The number of hydrogen-bond donors (Lipinski definition) is 0. The third kappa shape index (κ3) is 5.58. The van der Waals surface area contributed by atoms with Gasteiger partial charge >= 0.3 is 6.18 Å². The summed E-state index contributed by atoms with van der Waals surface area (Å²) in [7, 11) is 1.62. The topological polar surface area (TPSA) is 43.8 Å². The van der Waals surface area contributed by atoms with E-state index in [1.165, 1.54) is 6.07 Å². The molecule has 1 saturated heterocycles. The monoisotopic (exact) mass is 382 g/mol. The molecule has 0 spiro atoms. The molecule has 2 aromatic rings. The van der Waals surface area contributed by atoms with Gasteiger partial charge in [-0.05, 0) is 23.8 Å². The normalized spacial score (nSPS) is 18.7. The van der Waals surface area contributed by atoms with Crippen molar-refractivity contribution in [2.75, 3.05) is 33.4 Å². The first kappa shape index (κ1) is 19.4. The number of ether oxygens (including phenoxy) is 3. The average molecular weight is 382 g/mol. The number of alkyl halides is 3. The molecule has 8 heteroatoms. The van der Waals surface area contributed by atoms with Crippen molar-refractivity contribution in [3.8, 4) is 11.6 Å². The van der Waals surface area contributed by atoms with Crippen LogP contribution >= 0.6 is 0 Å². The van der Waals surface area contributed by atoms with Crippen LogP contribution < -0.4 is 9.47 Å². The lowest BCUT2D eigenvalue weighted by molar-refractivity contribution is -0.137. The highest BCUT2D eigenvalue weighted by atomic mass is 19.4. The molecule has 146 valence electrons. The van der Waals surface area contributed by atoms with Gasteiger partial charge in [-0.1, -0.05) is 12.1 Å². The van der Waals surface area contributed by atoms with Crippen LogP contribution in [0.1, 0.15) is 11.1 Å². The fourth-order valence-electron chi connectivity index (χ4n) is 2.83. The van der Waals surface area contributed by atoms with Crippen molar-refractivity contribution in [1.82, 2.24) is 9.88 Å². The van der Waals surface area contributed by atoms with Crippen molar-refractivity contribution < 1.29 is 27.4 Å². The van der Waals surface area contributed by atoms with E-state index in [0.29, 0.717) is 26.3 Å². The highest BCUT2D eigenvalue weighted by Gasteiger charge is 2.31. The Hall–Kier alpha value is -2.32. The van der Waals surface area contributed by atoms with Gasteiger partial charge in [0.25, 0.3) is 0 Å². The Bertz CT molecular complexity index is 720. The predicted molar refractivity (Wildman–Crippen MR) is 92.7 cm³/mol. The molecule has 1 atom stereocenters. The Morgan fingerprint density at radius 2 is 1.96 bits per heavy atom. The van der Waals surface area contributed by atoms with E-state index in [1.807, 2.05) is 24.3 Å². The summed E-state index contributed by atoms with van der Waals surface area (Å²) in [6.07, 6.45) is -3.94. The van der Waals surface area contributed by atoms with Crippen molar-refractivity contribution in [3.05, 3.63) is 53.7 Å². The molecule has 0 aliphatic carbocycles. The lowest BCUT2D eigenvalue weighted by Gasteiger charge is -2.23. The van der Waals surface area contributed by atoms with Gasteiger partial charge < -0.3 is 14.2 Å². The van der Waals surface area contributed by atoms with Crippen LogP contribution in [0.25, 0.3) is 0 Å². The Balaban J connectivity index is 1.60. The second-order valence-electron chi connectivity index (χ2n) is 6.28. The molecule has 27 heavy (non-hydrogen) atoms. The maximum Gasteiger partial charge on any atom is 0.417 e. The van der Waals surface area contributed by atoms with Gasteiger partial charge in [0.2, 0.25) is 5.88 Å². The van der Waals surface area contributed by atoms with Gasteiger partial charge in [0.1, 0.15) is 11.9 Å². The third-order valence-electron chi connectivity index (χ3n) is 4.23. The summed E-state index contributed by atoms with van der Waals surface area (Å²) in [4.78, 5) is 5.95. The fraction of sp³-hybridized carbons (Fsp3) is 0.421. The van der Waals surface area contributed by atoms with Crippen LogP contribution in [0.5, 0.6) is 11.6 Å². The second kappa shape index (κ2) is 8.58. The molecule has 0 amide bonds. The zero-order valence-electron chi connectivity index (χ0n) is 14.9.